The second-order valence-electron chi connectivity index (χ2n) is 4.05. The Morgan fingerprint density at radius 3 is 2.74 bits per heavy atom. The van der Waals surface area contributed by atoms with Gasteiger partial charge in [-0.05, 0) is 24.3 Å². The van der Waals surface area contributed by atoms with Crippen molar-refractivity contribution in [3.63, 3.8) is 0 Å². The number of hydrogen-bond acceptors (Lipinski definition) is 4. The van der Waals surface area contributed by atoms with E-state index in [0.29, 0.717) is 12.2 Å². The van der Waals surface area contributed by atoms with E-state index in [1.807, 2.05) is 18.2 Å². The maximum absolute atomic E-state index is 11.0. The van der Waals surface area contributed by atoms with Gasteiger partial charge in [-0.1, -0.05) is 6.07 Å². The molecule has 0 amide bonds. The highest BCUT2D eigenvalue weighted by Crippen LogP contribution is 2.04. The lowest BCUT2D eigenvalue weighted by Gasteiger charge is -2.06. The van der Waals surface area contributed by atoms with Crippen molar-refractivity contribution in [3.8, 4) is 0 Å². The topological polar surface area (TPSA) is 75.1 Å². The summed E-state index contributed by atoms with van der Waals surface area (Å²) in [6, 6.07) is 8.98. The first-order chi connectivity index (χ1) is 9.27. The molecule has 2 N–H and O–H groups in total. The molecule has 0 aromatic carbocycles. The first-order valence-electron chi connectivity index (χ1n) is 6.05. The number of hydrogen-bond donors (Lipinski definition) is 2. The van der Waals surface area contributed by atoms with E-state index in [0.717, 1.165) is 18.7 Å². The van der Waals surface area contributed by atoms with Gasteiger partial charge in [-0.2, -0.15) is 0 Å². The maximum Gasteiger partial charge on any atom is 0.337 e. The van der Waals surface area contributed by atoms with Crippen molar-refractivity contribution in [2.45, 2.75) is 13.0 Å². The van der Waals surface area contributed by atoms with Crippen LogP contribution in [0.4, 0.5) is 0 Å². The van der Waals surface area contributed by atoms with Gasteiger partial charge in [0.2, 0.25) is 0 Å². The van der Waals surface area contributed by atoms with Crippen molar-refractivity contribution in [1.29, 1.82) is 0 Å². The zero-order valence-corrected chi connectivity index (χ0v) is 10.4. The van der Waals surface area contributed by atoms with Crippen LogP contribution < -0.4 is 5.32 Å². The van der Waals surface area contributed by atoms with Gasteiger partial charge < -0.3 is 10.4 Å². The molecule has 5 heteroatoms. The Labute approximate surface area is 111 Å². The van der Waals surface area contributed by atoms with Gasteiger partial charge in [0.1, 0.15) is 0 Å². The van der Waals surface area contributed by atoms with E-state index in [4.69, 9.17) is 5.11 Å². The summed E-state index contributed by atoms with van der Waals surface area (Å²) in [5.74, 6) is -0.949. The molecule has 2 heterocycles. The summed E-state index contributed by atoms with van der Waals surface area (Å²) in [6.45, 7) is 1.17. The Morgan fingerprint density at radius 2 is 2.00 bits per heavy atom. The van der Waals surface area contributed by atoms with Crippen molar-refractivity contribution in [1.82, 2.24) is 15.3 Å². The third kappa shape index (κ3) is 3.86. The number of aromatic carboxylic acids is 1. The average Bonchev–Trinajstić information content (AvgIpc) is 2.45. The minimum atomic E-state index is -0.949. The molecule has 0 spiro atoms. The van der Waals surface area contributed by atoms with Gasteiger partial charge in [0.05, 0.1) is 11.3 Å². The van der Waals surface area contributed by atoms with Crippen LogP contribution in [0.25, 0.3) is 0 Å². The van der Waals surface area contributed by atoms with Gasteiger partial charge in [0, 0.05) is 37.6 Å². The molecule has 0 radical (unpaired) electrons. The molecule has 0 aliphatic carbocycles. The molecule has 19 heavy (non-hydrogen) atoms. The van der Waals surface area contributed by atoms with E-state index in [1.165, 1.54) is 0 Å². The van der Waals surface area contributed by atoms with Crippen LogP contribution in [-0.2, 0) is 13.0 Å². The fourth-order valence-corrected chi connectivity index (χ4v) is 1.74. The number of pyridine rings is 2. The van der Waals surface area contributed by atoms with Crippen LogP contribution in [0.2, 0.25) is 0 Å². The summed E-state index contributed by atoms with van der Waals surface area (Å²) >= 11 is 0. The predicted octanol–water partition coefficient (Wildman–Crippen LogP) is 1.51. The molecule has 0 bridgehead atoms. The molecule has 98 valence electrons. The van der Waals surface area contributed by atoms with Crippen molar-refractivity contribution in [2.24, 2.45) is 0 Å². The molecule has 0 aliphatic heterocycles. The molecule has 2 rings (SSSR count). The minimum absolute atomic E-state index is 0.243. The molecule has 0 fully saturated rings. The van der Waals surface area contributed by atoms with Crippen LogP contribution in [0, 0.1) is 0 Å². The normalized spacial score (nSPS) is 10.3. The van der Waals surface area contributed by atoms with Gasteiger partial charge in [0.25, 0.3) is 0 Å². The highest BCUT2D eigenvalue weighted by Gasteiger charge is 2.09. The standard InChI is InChI=1S/C14H15N3O2/c18-14(19)12-5-3-8-17-13(12)10-15-9-6-11-4-1-2-7-16-11/h1-5,7-8,15H,6,9-10H2,(H,18,19). The molecule has 0 unspecified atom stereocenters. The maximum atomic E-state index is 11.0. The van der Waals surface area contributed by atoms with Crippen molar-refractivity contribution < 1.29 is 9.90 Å². The van der Waals surface area contributed by atoms with E-state index in [-0.39, 0.29) is 5.56 Å². The monoisotopic (exact) mass is 257 g/mol. The van der Waals surface area contributed by atoms with Gasteiger partial charge in [-0.15, -0.1) is 0 Å². The van der Waals surface area contributed by atoms with E-state index >= 15 is 0 Å². The molecule has 2 aromatic heterocycles. The molecular weight excluding hydrogens is 242 g/mol. The number of aromatic nitrogens is 2. The number of carbonyl (C=O) groups is 1. The molecule has 0 atom stereocenters. The zero-order chi connectivity index (χ0) is 13.5. The fourth-order valence-electron chi connectivity index (χ4n) is 1.74. The quantitative estimate of drug-likeness (QED) is 0.767. The summed E-state index contributed by atoms with van der Waals surface area (Å²) in [5.41, 5.74) is 1.80. The zero-order valence-electron chi connectivity index (χ0n) is 10.4. The van der Waals surface area contributed by atoms with Crippen LogP contribution in [-0.4, -0.2) is 27.6 Å². The van der Waals surface area contributed by atoms with Gasteiger partial charge in [0.15, 0.2) is 0 Å². The Balaban J connectivity index is 1.85. The van der Waals surface area contributed by atoms with Crippen LogP contribution in [0.3, 0.4) is 0 Å². The first kappa shape index (κ1) is 13.2. The third-order valence-electron chi connectivity index (χ3n) is 2.70. The van der Waals surface area contributed by atoms with E-state index < -0.39 is 5.97 Å². The van der Waals surface area contributed by atoms with E-state index in [2.05, 4.69) is 15.3 Å². The Kier molecular flexibility index (Phi) is 4.58. The number of carboxylic acids is 1. The molecule has 2 aromatic rings. The van der Waals surface area contributed by atoms with Crippen LogP contribution in [0.5, 0.6) is 0 Å². The molecule has 5 nitrogen and oxygen atoms in total. The average molecular weight is 257 g/mol. The van der Waals surface area contributed by atoms with Crippen molar-refractivity contribution in [2.75, 3.05) is 6.54 Å². The number of carboxylic acid groups (broad SMARTS) is 1. The predicted molar refractivity (Wildman–Crippen MR) is 70.8 cm³/mol. The van der Waals surface area contributed by atoms with Gasteiger partial charge >= 0.3 is 5.97 Å². The lowest BCUT2D eigenvalue weighted by molar-refractivity contribution is 0.0695. The van der Waals surface area contributed by atoms with Crippen molar-refractivity contribution >= 4 is 5.97 Å². The number of nitrogens with zero attached hydrogens (tertiary/aromatic N) is 2. The Bertz CT molecular complexity index is 543. The smallest absolute Gasteiger partial charge is 0.337 e. The number of rotatable bonds is 6. The van der Waals surface area contributed by atoms with Gasteiger partial charge in [-0.25, -0.2) is 4.79 Å². The SMILES string of the molecule is O=C(O)c1cccnc1CNCCc1ccccn1. The fraction of sp³-hybridized carbons (Fsp3) is 0.214. The number of nitrogens with one attached hydrogen (secondary N) is 1. The molecule has 0 saturated carbocycles. The minimum Gasteiger partial charge on any atom is -0.478 e. The summed E-state index contributed by atoms with van der Waals surface area (Å²) in [4.78, 5) is 19.3. The summed E-state index contributed by atoms with van der Waals surface area (Å²) in [6.07, 6.45) is 4.16. The molecule has 0 saturated heterocycles. The van der Waals surface area contributed by atoms with Crippen molar-refractivity contribution in [3.05, 3.63) is 59.7 Å². The largest absolute Gasteiger partial charge is 0.478 e. The summed E-state index contributed by atoms with van der Waals surface area (Å²) in [7, 11) is 0. The lowest BCUT2D eigenvalue weighted by atomic mass is 10.2. The van der Waals surface area contributed by atoms with Crippen LogP contribution >= 0.6 is 0 Å². The third-order valence-corrected chi connectivity index (χ3v) is 2.70. The molecule has 0 aliphatic rings. The Hall–Kier alpha value is -2.27. The Morgan fingerprint density at radius 1 is 1.16 bits per heavy atom. The van der Waals surface area contributed by atoms with E-state index in [9.17, 15) is 4.79 Å². The van der Waals surface area contributed by atoms with Gasteiger partial charge in [-0.3, -0.25) is 9.97 Å². The van der Waals surface area contributed by atoms with Crippen LogP contribution in [0.1, 0.15) is 21.7 Å². The summed E-state index contributed by atoms with van der Waals surface area (Å²) < 4.78 is 0. The first-order valence-corrected chi connectivity index (χ1v) is 6.05. The highest BCUT2D eigenvalue weighted by atomic mass is 16.4. The highest BCUT2D eigenvalue weighted by molar-refractivity contribution is 5.88. The summed E-state index contributed by atoms with van der Waals surface area (Å²) in [5, 5.41) is 12.2. The second-order valence-corrected chi connectivity index (χ2v) is 4.05. The molecular formula is C14H15N3O2. The second kappa shape index (κ2) is 6.61. The van der Waals surface area contributed by atoms with E-state index in [1.54, 1.807) is 24.5 Å². The van der Waals surface area contributed by atoms with Crippen LogP contribution in [0.15, 0.2) is 42.7 Å². The lowest BCUT2D eigenvalue weighted by Crippen LogP contribution is -2.19.